The van der Waals surface area contributed by atoms with Gasteiger partial charge in [0.25, 0.3) is 5.91 Å². The normalized spacial score (nSPS) is 16.4. The minimum atomic E-state index is -0.338. The van der Waals surface area contributed by atoms with Gasteiger partial charge in [-0.05, 0) is 31.2 Å². The molecule has 4 rings (SSSR count). The summed E-state index contributed by atoms with van der Waals surface area (Å²) in [6.45, 7) is 1.91. The fourth-order valence-corrected chi connectivity index (χ4v) is 2.94. The van der Waals surface area contributed by atoms with Gasteiger partial charge in [0.2, 0.25) is 0 Å². The van der Waals surface area contributed by atoms with Gasteiger partial charge in [-0.3, -0.25) is 4.79 Å². The SMILES string of the molecule is CC1=NN(c2cccc(C#N)c2)C(NC(=O)c2cnn3cccnc23)C1. The number of nitrogens with zero attached hydrogens (tertiary/aromatic N) is 6. The Balaban J connectivity index is 1.60. The van der Waals surface area contributed by atoms with Crippen LogP contribution < -0.4 is 10.3 Å². The van der Waals surface area contributed by atoms with E-state index >= 15 is 0 Å². The van der Waals surface area contributed by atoms with Crippen molar-refractivity contribution in [1.29, 1.82) is 5.26 Å². The maximum absolute atomic E-state index is 12.7. The molecule has 128 valence electrons. The molecule has 0 radical (unpaired) electrons. The minimum Gasteiger partial charge on any atom is -0.330 e. The zero-order valence-electron chi connectivity index (χ0n) is 14.0. The molecule has 1 unspecified atom stereocenters. The van der Waals surface area contributed by atoms with Gasteiger partial charge in [0.15, 0.2) is 5.65 Å². The summed E-state index contributed by atoms with van der Waals surface area (Å²) in [5.41, 5.74) is 3.10. The van der Waals surface area contributed by atoms with Crippen LogP contribution in [0.4, 0.5) is 5.69 Å². The second kappa shape index (κ2) is 6.29. The zero-order chi connectivity index (χ0) is 18.1. The Morgan fingerprint density at radius 2 is 2.27 bits per heavy atom. The van der Waals surface area contributed by atoms with Crippen LogP contribution in [0.2, 0.25) is 0 Å². The van der Waals surface area contributed by atoms with E-state index in [4.69, 9.17) is 5.26 Å². The van der Waals surface area contributed by atoms with E-state index in [0.29, 0.717) is 23.2 Å². The van der Waals surface area contributed by atoms with Crippen molar-refractivity contribution in [2.75, 3.05) is 5.01 Å². The van der Waals surface area contributed by atoms with Gasteiger partial charge in [-0.1, -0.05) is 6.07 Å². The van der Waals surface area contributed by atoms with Crippen LogP contribution in [0.5, 0.6) is 0 Å². The molecule has 0 bridgehead atoms. The average molecular weight is 345 g/mol. The summed E-state index contributed by atoms with van der Waals surface area (Å²) >= 11 is 0. The molecule has 1 atom stereocenters. The molecular weight excluding hydrogens is 330 g/mol. The van der Waals surface area contributed by atoms with Gasteiger partial charge in [0, 0.05) is 24.5 Å². The van der Waals surface area contributed by atoms with Gasteiger partial charge in [-0.15, -0.1) is 0 Å². The number of nitriles is 1. The largest absolute Gasteiger partial charge is 0.330 e. The fourth-order valence-electron chi connectivity index (χ4n) is 2.94. The number of carbonyl (C=O) groups excluding carboxylic acids is 1. The second-order valence-electron chi connectivity index (χ2n) is 5.98. The highest BCUT2D eigenvalue weighted by Crippen LogP contribution is 2.24. The summed E-state index contributed by atoms with van der Waals surface area (Å²) in [7, 11) is 0. The van der Waals surface area contributed by atoms with Crippen molar-refractivity contribution in [2.45, 2.75) is 19.5 Å². The van der Waals surface area contributed by atoms with Gasteiger partial charge in [0.1, 0.15) is 11.7 Å². The molecule has 3 heterocycles. The fraction of sp³-hybridized carbons (Fsp3) is 0.167. The Bertz CT molecular complexity index is 1060. The van der Waals surface area contributed by atoms with Crippen molar-refractivity contribution in [3.63, 3.8) is 0 Å². The third-order valence-electron chi connectivity index (χ3n) is 4.12. The molecule has 0 spiro atoms. The first-order chi connectivity index (χ1) is 12.7. The second-order valence-corrected chi connectivity index (χ2v) is 5.98. The Morgan fingerprint density at radius 3 is 3.12 bits per heavy atom. The Hall–Kier alpha value is -3.73. The minimum absolute atomic E-state index is 0.268. The highest BCUT2D eigenvalue weighted by molar-refractivity contribution is 6.00. The first-order valence-electron chi connectivity index (χ1n) is 8.08. The highest BCUT2D eigenvalue weighted by Gasteiger charge is 2.28. The molecule has 1 amide bonds. The lowest BCUT2D eigenvalue weighted by Gasteiger charge is -2.24. The number of carbonyl (C=O) groups is 1. The summed E-state index contributed by atoms with van der Waals surface area (Å²) in [5, 5.41) is 22.5. The number of nitrogens with one attached hydrogen (secondary N) is 1. The summed E-state index contributed by atoms with van der Waals surface area (Å²) < 4.78 is 1.56. The number of amides is 1. The lowest BCUT2D eigenvalue weighted by molar-refractivity contribution is 0.0940. The molecule has 0 fully saturated rings. The third-order valence-corrected chi connectivity index (χ3v) is 4.12. The maximum Gasteiger partial charge on any atom is 0.258 e. The van der Waals surface area contributed by atoms with Crippen molar-refractivity contribution in [3.05, 3.63) is 60.0 Å². The molecule has 1 aliphatic heterocycles. The topological polar surface area (TPSA) is 98.7 Å². The highest BCUT2D eigenvalue weighted by atomic mass is 16.2. The Morgan fingerprint density at radius 1 is 1.38 bits per heavy atom. The monoisotopic (exact) mass is 345 g/mol. The van der Waals surface area contributed by atoms with E-state index in [2.05, 4.69) is 26.6 Å². The molecular formula is C18H15N7O. The number of fused-ring (bicyclic) bond motifs is 1. The smallest absolute Gasteiger partial charge is 0.258 e. The van der Waals surface area contributed by atoms with Gasteiger partial charge in [0.05, 0.1) is 23.5 Å². The van der Waals surface area contributed by atoms with Crippen molar-refractivity contribution in [2.24, 2.45) is 5.10 Å². The number of aromatic nitrogens is 3. The molecule has 8 nitrogen and oxygen atoms in total. The molecule has 8 heteroatoms. The van der Waals surface area contributed by atoms with Gasteiger partial charge in [-0.25, -0.2) is 14.5 Å². The van der Waals surface area contributed by atoms with Crippen molar-refractivity contribution in [3.8, 4) is 6.07 Å². The number of rotatable bonds is 3. The van der Waals surface area contributed by atoms with E-state index in [1.54, 1.807) is 46.2 Å². The van der Waals surface area contributed by atoms with Crippen LogP contribution in [-0.2, 0) is 0 Å². The summed E-state index contributed by atoms with van der Waals surface area (Å²) in [5.74, 6) is -0.268. The van der Waals surface area contributed by atoms with Crippen molar-refractivity contribution >= 4 is 23.0 Å². The van der Waals surface area contributed by atoms with Gasteiger partial charge in [-0.2, -0.15) is 15.5 Å². The number of hydrogen-bond donors (Lipinski definition) is 1. The average Bonchev–Trinajstić information content (AvgIpc) is 3.25. The summed E-state index contributed by atoms with van der Waals surface area (Å²) in [4.78, 5) is 17.0. The van der Waals surface area contributed by atoms with Crippen LogP contribution in [0, 0.1) is 11.3 Å². The predicted molar refractivity (Wildman–Crippen MR) is 95.6 cm³/mol. The van der Waals surface area contributed by atoms with Crippen LogP contribution in [-0.4, -0.2) is 32.4 Å². The molecule has 26 heavy (non-hydrogen) atoms. The van der Waals surface area contributed by atoms with Crippen LogP contribution in [0.1, 0.15) is 29.3 Å². The van der Waals surface area contributed by atoms with Crippen LogP contribution in [0.15, 0.2) is 54.0 Å². The van der Waals surface area contributed by atoms with Crippen molar-refractivity contribution < 1.29 is 4.79 Å². The molecule has 0 saturated heterocycles. The van der Waals surface area contributed by atoms with Crippen molar-refractivity contribution in [1.82, 2.24) is 19.9 Å². The number of hydrogen-bond acceptors (Lipinski definition) is 6. The molecule has 1 aromatic carbocycles. The van der Waals surface area contributed by atoms with Crippen LogP contribution in [0.3, 0.4) is 0 Å². The quantitative estimate of drug-likeness (QED) is 0.782. The molecule has 0 aliphatic carbocycles. The first kappa shape index (κ1) is 15.8. The molecule has 3 aromatic rings. The standard InChI is InChI=1S/C18H15N7O/c1-12-8-16(25(23-12)14-5-2-4-13(9-14)10-19)22-18(26)15-11-21-24-7-3-6-20-17(15)24/h2-7,9,11,16H,8H2,1H3,(H,22,26). The number of anilines is 1. The Labute approximate surface area is 149 Å². The van der Waals surface area contributed by atoms with Crippen LogP contribution >= 0.6 is 0 Å². The van der Waals surface area contributed by atoms with E-state index in [1.165, 1.54) is 6.20 Å². The Kier molecular flexibility index (Phi) is 3.82. The molecule has 0 saturated carbocycles. The third kappa shape index (κ3) is 2.75. The maximum atomic E-state index is 12.7. The van der Waals surface area contributed by atoms with E-state index in [1.807, 2.05) is 13.0 Å². The lowest BCUT2D eigenvalue weighted by Crippen LogP contribution is -2.43. The van der Waals surface area contributed by atoms with E-state index < -0.39 is 0 Å². The molecule has 2 aromatic heterocycles. The first-order valence-corrected chi connectivity index (χ1v) is 8.08. The van der Waals surface area contributed by atoms with E-state index in [9.17, 15) is 4.79 Å². The van der Waals surface area contributed by atoms with E-state index in [-0.39, 0.29) is 12.1 Å². The summed E-state index contributed by atoms with van der Waals surface area (Å²) in [6.07, 6.45) is 5.11. The number of hydrazone groups is 1. The molecule has 1 N–H and O–H groups in total. The zero-order valence-corrected chi connectivity index (χ0v) is 14.0. The van der Waals surface area contributed by atoms with Gasteiger partial charge >= 0.3 is 0 Å². The van der Waals surface area contributed by atoms with Gasteiger partial charge < -0.3 is 5.32 Å². The van der Waals surface area contributed by atoms with E-state index in [0.717, 1.165) is 11.4 Å². The number of benzene rings is 1. The van der Waals surface area contributed by atoms with Crippen LogP contribution in [0.25, 0.3) is 5.65 Å². The molecule has 1 aliphatic rings. The lowest BCUT2D eigenvalue weighted by atomic mass is 10.2. The summed E-state index contributed by atoms with van der Waals surface area (Å²) in [6, 6.07) is 11.0. The predicted octanol–water partition coefficient (Wildman–Crippen LogP) is 1.94.